The average molecular weight is 325 g/mol. The monoisotopic (exact) mass is 324 g/mol. The molecule has 0 bridgehead atoms. The van der Waals surface area contributed by atoms with Crippen LogP contribution in [0.25, 0.3) is 0 Å². The molecule has 126 valence electrons. The van der Waals surface area contributed by atoms with Gasteiger partial charge in [-0.25, -0.2) is 0 Å². The third-order valence-corrected chi connectivity index (χ3v) is 5.83. The lowest BCUT2D eigenvalue weighted by atomic mass is 9.75. The maximum absolute atomic E-state index is 8.84. The lowest BCUT2D eigenvalue weighted by Crippen LogP contribution is -2.20. The zero-order valence-electron chi connectivity index (χ0n) is 14.7. The quantitative estimate of drug-likeness (QED) is 0.701. The van der Waals surface area contributed by atoms with Crippen molar-refractivity contribution in [3.05, 3.63) is 34.3 Å². The Morgan fingerprint density at radius 1 is 1.18 bits per heavy atom. The minimum Gasteiger partial charge on any atom is -0.396 e. The van der Waals surface area contributed by atoms with Crippen molar-refractivity contribution < 1.29 is 5.11 Å². The van der Waals surface area contributed by atoms with Gasteiger partial charge in [0.05, 0.1) is 0 Å². The zero-order chi connectivity index (χ0) is 16.5. The zero-order valence-corrected chi connectivity index (χ0v) is 15.5. The van der Waals surface area contributed by atoms with Crippen LogP contribution < -0.4 is 0 Å². The highest BCUT2D eigenvalue weighted by Crippen LogP contribution is 2.35. The molecule has 1 nitrogen and oxygen atoms in total. The van der Waals surface area contributed by atoms with Gasteiger partial charge in [-0.05, 0) is 68.1 Å². The smallest absolute Gasteiger partial charge is 0.0437 e. The second-order valence-corrected chi connectivity index (χ2v) is 7.27. The molecule has 1 aliphatic carbocycles. The van der Waals surface area contributed by atoms with Gasteiger partial charge in [0.2, 0.25) is 0 Å². The molecule has 22 heavy (non-hydrogen) atoms. The van der Waals surface area contributed by atoms with Crippen LogP contribution in [0.1, 0.15) is 63.5 Å². The molecular formula is C20H33ClO. The molecule has 0 saturated heterocycles. The minimum atomic E-state index is 0.388. The van der Waals surface area contributed by atoms with E-state index in [2.05, 4.69) is 26.8 Å². The van der Waals surface area contributed by atoms with Crippen molar-refractivity contribution in [2.45, 2.75) is 66.2 Å². The fourth-order valence-electron chi connectivity index (χ4n) is 3.28. The van der Waals surface area contributed by atoms with Crippen molar-refractivity contribution in [2.75, 3.05) is 6.61 Å². The SMILES string of the molecule is CCC(C)C1CCC(CCO)CC1.Cc1cccc(Cl)c1C. The Hall–Kier alpha value is -0.530. The average Bonchev–Trinajstić information content (AvgIpc) is 2.53. The topological polar surface area (TPSA) is 20.2 Å². The molecule has 0 amide bonds. The predicted octanol–water partition coefficient (Wildman–Crippen LogP) is 6.18. The summed E-state index contributed by atoms with van der Waals surface area (Å²) in [5.41, 5.74) is 2.43. The highest BCUT2D eigenvalue weighted by molar-refractivity contribution is 6.31. The second kappa shape index (κ2) is 10.3. The summed E-state index contributed by atoms with van der Waals surface area (Å²) in [6.45, 7) is 9.15. The van der Waals surface area contributed by atoms with E-state index in [1.54, 1.807) is 0 Å². The van der Waals surface area contributed by atoms with Crippen molar-refractivity contribution in [1.82, 2.24) is 0 Å². The summed E-state index contributed by atoms with van der Waals surface area (Å²) in [5, 5.41) is 9.70. The molecule has 1 aliphatic rings. The van der Waals surface area contributed by atoms with Gasteiger partial charge < -0.3 is 5.11 Å². The van der Waals surface area contributed by atoms with Gasteiger partial charge in [-0.3, -0.25) is 0 Å². The lowest BCUT2D eigenvalue weighted by Gasteiger charge is -2.31. The number of rotatable bonds is 4. The van der Waals surface area contributed by atoms with Crippen molar-refractivity contribution in [2.24, 2.45) is 17.8 Å². The van der Waals surface area contributed by atoms with E-state index in [9.17, 15) is 0 Å². The Balaban J connectivity index is 0.000000235. The first-order valence-corrected chi connectivity index (χ1v) is 9.19. The van der Waals surface area contributed by atoms with Crippen LogP contribution in [0.15, 0.2) is 18.2 Å². The Morgan fingerprint density at radius 3 is 2.27 bits per heavy atom. The Bertz CT molecular complexity index is 401. The summed E-state index contributed by atoms with van der Waals surface area (Å²) in [6.07, 6.45) is 7.88. The van der Waals surface area contributed by atoms with E-state index < -0.39 is 0 Å². The second-order valence-electron chi connectivity index (χ2n) is 6.86. The summed E-state index contributed by atoms with van der Waals surface area (Å²) in [7, 11) is 0. The molecular weight excluding hydrogens is 292 g/mol. The van der Waals surface area contributed by atoms with Crippen LogP contribution in [0.2, 0.25) is 5.02 Å². The third-order valence-electron chi connectivity index (χ3n) is 5.42. The molecule has 1 N–H and O–H groups in total. The standard InChI is InChI=1S/C12H24O.C8H9Cl/c1-3-10(2)12-6-4-11(5-7-12)8-9-13;1-6-4-3-5-8(9)7(6)2/h10-13H,3-9H2,1-2H3;3-5H,1-2H3. The number of aliphatic hydroxyl groups is 1. The summed E-state index contributed by atoms with van der Waals surface area (Å²) in [4.78, 5) is 0. The third kappa shape index (κ3) is 6.30. The Morgan fingerprint density at radius 2 is 1.82 bits per heavy atom. The van der Waals surface area contributed by atoms with Gasteiger partial charge in [-0.15, -0.1) is 0 Å². The maximum atomic E-state index is 8.84. The van der Waals surface area contributed by atoms with Gasteiger partial charge in [0.1, 0.15) is 0 Å². The largest absolute Gasteiger partial charge is 0.396 e. The molecule has 0 aliphatic heterocycles. The van der Waals surface area contributed by atoms with Crippen molar-refractivity contribution in [1.29, 1.82) is 0 Å². The molecule has 0 aromatic heterocycles. The van der Waals surface area contributed by atoms with Crippen LogP contribution in [0.3, 0.4) is 0 Å². The predicted molar refractivity (Wildman–Crippen MR) is 97.5 cm³/mol. The van der Waals surface area contributed by atoms with Crippen LogP contribution in [-0.2, 0) is 0 Å². The van der Waals surface area contributed by atoms with Crippen LogP contribution in [0.4, 0.5) is 0 Å². The molecule has 0 radical (unpaired) electrons. The molecule has 0 spiro atoms. The Kier molecular flexibility index (Phi) is 9.12. The number of hydrogen-bond acceptors (Lipinski definition) is 1. The van der Waals surface area contributed by atoms with Crippen LogP contribution >= 0.6 is 11.6 Å². The number of benzene rings is 1. The molecule has 2 heteroatoms. The van der Waals surface area contributed by atoms with Crippen LogP contribution in [0.5, 0.6) is 0 Å². The van der Waals surface area contributed by atoms with Gasteiger partial charge in [0.25, 0.3) is 0 Å². The first kappa shape index (κ1) is 19.5. The van der Waals surface area contributed by atoms with Crippen LogP contribution in [-0.4, -0.2) is 11.7 Å². The molecule has 1 aromatic carbocycles. The lowest BCUT2D eigenvalue weighted by molar-refractivity contribution is 0.176. The van der Waals surface area contributed by atoms with Gasteiger partial charge >= 0.3 is 0 Å². The summed E-state index contributed by atoms with van der Waals surface area (Å²) in [6, 6.07) is 5.93. The fourth-order valence-corrected chi connectivity index (χ4v) is 3.50. The molecule has 1 unspecified atom stereocenters. The molecule has 2 rings (SSSR count). The highest BCUT2D eigenvalue weighted by Gasteiger charge is 2.23. The first-order chi connectivity index (χ1) is 10.5. The fraction of sp³-hybridized carbons (Fsp3) is 0.700. The molecule has 0 heterocycles. The van der Waals surface area contributed by atoms with Crippen molar-refractivity contribution >= 4 is 11.6 Å². The summed E-state index contributed by atoms with van der Waals surface area (Å²) < 4.78 is 0. The van der Waals surface area contributed by atoms with E-state index in [0.717, 1.165) is 29.2 Å². The van der Waals surface area contributed by atoms with E-state index in [1.807, 2.05) is 19.1 Å². The number of halogens is 1. The first-order valence-electron chi connectivity index (χ1n) is 8.82. The van der Waals surface area contributed by atoms with Gasteiger partial charge in [-0.2, -0.15) is 0 Å². The highest BCUT2D eigenvalue weighted by atomic mass is 35.5. The summed E-state index contributed by atoms with van der Waals surface area (Å²) >= 11 is 5.81. The number of aryl methyl sites for hydroxylation is 1. The van der Waals surface area contributed by atoms with E-state index >= 15 is 0 Å². The minimum absolute atomic E-state index is 0.388. The molecule has 1 aromatic rings. The molecule has 1 saturated carbocycles. The van der Waals surface area contributed by atoms with E-state index in [4.69, 9.17) is 16.7 Å². The number of hydrogen-bond donors (Lipinski definition) is 1. The van der Waals surface area contributed by atoms with Gasteiger partial charge in [0, 0.05) is 11.6 Å². The molecule has 1 fully saturated rings. The Labute approximate surface area is 142 Å². The summed E-state index contributed by atoms with van der Waals surface area (Å²) in [5.74, 6) is 2.71. The van der Waals surface area contributed by atoms with E-state index in [1.165, 1.54) is 43.2 Å². The van der Waals surface area contributed by atoms with Crippen LogP contribution in [0, 0.1) is 31.6 Å². The van der Waals surface area contributed by atoms with Crippen molar-refractivity contribution in [3.63, 3.8) is 0 Å². The van der Waals surface area contributed by atoms with Crippen molar-refractivity contribution in [3.8, 4) is 0 Å². The van der Waals surface area contributed by atoms with Gasteiger partial charge in [0.15, 0.2) is 0 Å². The number of aliphatic hydroxyl groups excluding tert-OH is 1. The molecule has 1 atom stereocenters. The van der Waals surface area contributed by atoms with E-state index in [-0.39, 0.29) is 0 Å². The van der Waals surface area contributed by atoms with E-state index in [0.29, 0.717) is 6.61 Å². The normalized spacial score (nSPS) is 22.6. The van der Waals surface area contributed by atoms with Gasteiger partial charge in [-0.1, -0.05) is 56.8 Å². The maximum Gasteiger partial charge on any atom is 0.0437 e.